The average molecular weight is 694 g/mol. The number of hydrogen-bond donors (Lipinski definition) is 0. The first-order chi connectivity index (χ1) is 23.7. The first-order valence-corrected chi connectivity index (χ1v) is 20.9. The van der Waals surface area contributed by atoms with Crippen LogP contribution in [0, 0.1) is 17.3 Å². The van der Waals surface area contributed by atoms with E-state index in [0.717, 1.165) is 167 Å². The number of ether oxygens (including phenoxy) is 3. The molecule has 1 heterocycles. The van der Waals surface area contributed by atoms with Crippen LogP contribution in [-0.2, 0) is 28.6 Å². The van der Waals surface area contributed by atoms with Crippen molar-refractivity contribution in [1.29, 1.82) is 0 Å². The van der Waals surface area contributed by atoms with Crippen LogP contribution in [0.15, 0.2) is 0 Å². The standard InChI is InChI=1S/C42H79NO6/c1-7-11-23-36(24-12-8-2)40(45)47-33-21-17-15-19-27-38(49-39(44)35-42(5)29-31-43(6)32-30-42)28-20-16-18-22-34-48-41(46)37(25-13-9-3)26-14-10-4/h36-38H,7-35H2,1-6H3. The maximum atomic E-state index is 13.1. The van der Waals surface area contributed by atoms with Crippen LogP contribution in [0.2, 0.25) is 0 Å². The SMILES string of the molecule is CCCCC(CCCC)C(=O)OCCCCCCC(CCCCCCOC(=O)C(CCCC)CCCC)OC(=O)CC1(C)CCN(C)CC1. The summed E-state index contributed by atoms with van der Waals surface area (Å²) >= 11 is 0. The summed E-state index contributed by atoms with van der Waals surface area (Å²) in [6.07, 6.45) is 24.8. The molecular formula is C42H79NO6. The van der Waals surface area contributed by atoms with Crippen LogP contribution in [0.25, 0.3) is 0 Å². The third-order valence-corrected chi connectivity index (χ3v) is 10.7. The molecule has 0 saturated carbocycles. The molecule has 0 atom stereocenters. The molecule has 0 aliphatic carbocycles. The molecule has 1 saturated heterocycles. The maximum Gasteiger partial charge on any atom is 0.308 e. The Balaban J connectivity index is 2.46. The van der Waals surface area contributed by atoms with E-state index in [1.165, 1.54) is 0 Å². The topological polar surface area (TPSA) is 82.1 Å². The molecule has 7 nitrogen and oxygen atoms in total. The maximum absolute atomic E-state index is 13.1. The van der Waals surface area contributed by atoms with Gasteiger partial charge in [0.2, 0.25) is 0 Å². The van der Waals surface area contributed by atoms with Gasteiger partial charge < -0.3 is 19.1 Å². The smallest absolute Gasteiger partial charge is 0.308 e. The van der Waals surface area contributed by atoms with Gasteiger partial charge in [0.15, 0.2) is 0 Å². The molecule has 1 fully saturated rings. The van der Waals surface area contributed by atoms with E-state index in [9.17, 15) is 14.4 Å². The number of nitrogens with zero attached hydrogens (tertiary/aromatic N) is 1. The quantitative estimate of drug-likeness (QED) is 0.0406. The average Bonchev–Trinajstić information content (AvgIpc) is 3.08. The zero-order chi connectivity index (χ0) is 36.2. The monoisotopic (exact) mass is 694 g/mol. The summed E-state index contributed by atoms with van der Waals surface area (Å²) in [7, 11) is 2.15. The molecule has 0 spiro atoms. The van der Waals surface area contributed by atoms with Crippen LogP contribution in [0.5, 0.6) is 0 Å². The van der Waals surface area contributed by atoms with Gasteiger partial charge in [-0.3, -0.25) is 14.4 Å². The Morgan fingerprint density at radius 3 is 1.35 bits per heavy atom. The second-order valence-electron chi connectivity index (χ2n) is 15.6. The number of piperidine rings is 1. The molecule has 0 aromatic heterocycles. The molecule has 0 bridgehead atoms. The fourth-order valence-corrected chi connectivity index (χ4v) is 6.97. The molecule has 288 valence electrons. The molecular weight excluding hydrogens is 614 g/mol. The van der Waals surface area contributed by atoms with Crippen molar-refractivity contribution in [2.75, 3.05) is 33.4 Å². The Hall–Kier alpha value is -1.63. The Labute approximate surface area is 302 Å². The summed E-state index contributed by atoms with van der Waals surface area (Å²) in [4.78, 5) is 40.7. The summed E-state index contributed by atoms with van der Waals surface area (Å²) in [5, 5.41) is 0. The van der Waals surface area contributed by atoms with Crippen molar-refractivity contribution in [2.24, 2.45) is 17.3 Å². The molecule has 1 aliphatic rings. The highest BCUT2D eigenvalue weighted by atomic mass is 16.5. The van der Waals surface area contributed by atoms with Crippen LogP contribution in [-0.4, -0.2) is 62.3 Å². The highest BCUT2D eigenvalue weighted by Crippen LogP contribution is 2.34. The Bertz CT molecular complexity index is 777. The molecule has 49 heavy (non-hydrogen) atoms. The van der Waals surface area contributed by atoms with Crippen molar-refractivity contribution in [3.05, 3.63) is 0 Å². The molecule has 1 rings (SSSR count). The number of rotatable bonds is 31. The number of hydrogen-bond acceptors (Lipinski definition) is 7. The number of esters is 3. The highest BCUT2D eigenvalue weighted by Gasteiger charge is 2.32. The molecule has 1 aliphatic heterocycles. The third-order valence-electron chi connectivity index (χ3n) is 10.7. The van der Waals surface area contributed by atoms with Gasteiger partial charge in [-0.15, -0.1) is 0 Å². The Kier molecular flexibility index (Phi) is 26.9. The predicted octanol–water partition coefficient (Wildman–Crippen LogP) is 11.0. The molecule has 7 heteroatoms. The highest BCUT2D eigenvalue weighted by molar-refractivity contribution is 5.72. The van der Waals surface area contributed by atoms with Crippen LogP contribution < -0.4 is 0 Å². The summed E-state index contributed by atoms with van der Waals surface area (Å²) in [5.74, 6) is 0.0560. The molecule has 0 N–H and O–H groups in total. The zero-order valence-corrected chi connectivity index (χ0v) is 33.1. The minimum Gasteiger partial charge on any atom is -0.465 e. The van der Waals surface area contributed by atoms with Gasteiger partial charge in [0, 0.05) is 0 Å². The fourth-order valence-electron chi connectivity index (χ4n) is 6.97. The van der Waals surface area contributed by atoms with E-state index in [2.05, 4.69) is 46.6 Å². The van der Waals surface area contributed by atoms with Crippen molar-refractivity contribution in [3.63, 3.8) is 0 Å². The number of unbranched alkanes of at least 4 members (excludes halogenated alkanes) is 10. The van der Waals surface area contributed by atoms with Gasteiger partial charge in [0.1, 0.15) is 6.10 Å². The van der Waals surface area contributed by atoms with Crippen LogP contribution >= 0.6 is 0 Å². The van der Waals surface area contributed by atoms with E-state index in [4.69, 9.17) is 14.2 Å². The van der Waals surface area contributed by atoms with E-state index in [1.54, 1.807) is 0 Å². The lowest BCUT2D eigenvalue weighted by molar-refractivity contribution is -0.153. The van der Waals surface area contributed by atoms with Gasteiger partial charge in [-0.1, -0.05) is 112 Å². The first kappa shape index (κ1) is 45.4. The van der Waals surface area contributed by atoms with Crippen molar-refractivity contribution in [3.8, 4) is 0 Å². The lowest BCUT2D eigenvalue weighted by Gasteiger charge is -2.37. The second-order valence-corrected chi connectivity index (χ2v) is 15.6. The van der Waals surface area contributed by atoms with Crippen LogP contribution in [0.4, 0.5) is 0 Å². The van der Waals surface area contributed by atoms with E-state index in [1.807, 2.05) is 0 Å². The van der Waals surface area contributed by atoms with Crippen LogP contribution in [0.3, 0.4) is 0 Å². The first-order valence-electron chi connectivity index (χ1n) is 20.9. The molecule has 0 unspecified atom stereocenters. The largest absolute Gasteiger partial charge is 0.465 e. The minimum atomic E-state index is -0.0474. The number of carbonyl (C=O) groups excluding carboxylic acids is 3. The van der Waals surface area contributed by atoms with Crippen molar-refractivity contribution in [2.45, 2.75) is 201 Å². The predicted molar refractivity (Wildman–Crippen MR) is 203 cm³/mol. The van der Waals surface area contributed by atoms with Gasteiger partial charge in [-0.05, 0) is 103 Å². The second kappa shape index (κ2) is 29.0. The normalized spacial score (nSPS) is 14.9. The number of likely N-dealkylation sites (tertiary alicyclic amines) is 1. The van der Waals surface area contributed by atoms with Crippen LogP contribution in [0.1, 0.15) is 195 Å². The third kappa shape index (κ3) is 22.7. The minimum absolute atomic E-state index is 0.00603. The molecule has 0 aromatic carbocycles. The Morgan fingerprint density at radius 2 is 0.959 bits per heavy atom. The van der Waals surface area contributed by atoms with Gasteiger partial charge in [-0.25, -0.2) is 0 Å². The Morgan fingerprint density at radius 1 is 0.571 bits per heavy atom. The van der Waals surface area contributed by atoms with Gasteiger partial charge in [0.25, 0.3) is 0 Å². The lowest BCUT2D eigenvalue weighted by atomic mass is 9.78. The van der Waals surface area contributed by atoms with E-state index < -0.39 is 0 Å². The molecule has 0 amide bonds. The lowest BCUT2D eigenvalue weighted by Crippen LogP contribution is -2.38. The van der Waals surface area contributed by atoms with E-state index in [-0.39, 0.29) is 41.3 Å². The summed E-state index contributed by atoms with van der Waals surface area (Å²) in [5.41, 5.74) is 0.0290. The van der Waals surface area contributed by atoms with Crippen molar-refractivity contribution < 1.29 is 28.6 Å². The summed E-state index contributed by atoms with van der Waals surface area (Å²) in [6.45, 7) is 14.0. The van der Waals surface area contributed by atoms with Crippen molar-refractivity contribution in [1.82, 2.24) is 4.90 Å². The summed E-state index contributed by atoms with van der Waals surface area (Å²) in [6, 6.07) is 0. The van der Waals surface area contributed by atoms with E-state index in [0.29, 0.717) is 19.6 Å². The van der Waals surface area contributed by atoms with E-state index >= 15 is 0 Å². The zero-order valence-electron chi connectivity index (χ0n) is 33.1. The fraction of sp³-hybridized carbons (Fsp3) is 0.929. The molecule has 0 aromatic rings. The van der Waals surface area contributed by atoms with Gasteiger partial charge >= 0.3 is 17.9 Å². The van der Waals surface area contributed by atoms with Gasteiger partial charge in [-0.2, -0.15) is 0 Å². The van der Waals surface area contributed by atoms with Crippen molar-refractivity contribution >= 4 is 17.9 Å². The number of carbonyl (C=O) groups is 3. The summed E-state index contributed by atoms with van der Waals surface area (Å²) < 4.78 is 17.5. The van der Waals surface area contributed by atoms with Gasteiger partial charge in [0.05, 0.1) is 31.5 Å². The molecule has 0 radical (unpaired) electrons.